The van der Waals surface area contributed by atoms with Crippen molar-refractivity contribution in [2.75, 3.05) is 51.2 Å². The zero-order valence-corrected chi connectivity index (χ0v) is 20.2. The molecule has 166 valence electrons. The first-order valence-electron chi connectivity index (χ1n) is 10.7. The van der Waals surface area contributed by atoms with E-state index in [4.69, 9.17) is 0 Å². The van der Waals surface area contributed by atoms with Crippen molar-refractivity contribution < 1.29 is 4.79 Å². The smallest absolute Gasteiger partial charge is 0.225 e. The summed E-state index contributed by atoms with van der Waals surface area (Å²) in [6.07, 6.45) is 12.5. The Morgan fingerprint density at radius 2 is 1.83 bits per heavy atom. The highest BCUT2D eigenvalue weighted by Gasteiger charge is 2.22. The van der Waals surface area contributed by atoms with Crippen LogP contribution in [0, 0.1) is 0 Å². The highest BCUT2D eigenvalue weighted by atomic mass is 127. The number of piperazine rings is 1. The Hall–Kier alpha value is -1.91. The van der Waals surface area contributed by atoms with Gasteiger partial charge in [-0.25, -0.2) is 9.97 Å². The highest BCUT2D eigenvalue weighted by Crippen LogP contribution is 2.19. The molecule has 2 N–H and O–H groups in total. The fourth-order valence-corrected chi connectivity index (χ4v) is 3.75. The van der Waals surface area contributed by atoms with Gasteiger partial charge in [0.25, 0.3) is 0 Å². The van der Waals surface area contributed by atoms with E-state index in [0.29, 0.717) is 26.1 Å². The number of aliphatic imine (C=N–C) groups is 1. The van der Waals surface area contributed by atoms with Gasteiger partial charge in [-0.2, -0.15) is 0 Å². The van der Waals surface area contributed by atoms with Crippen LogP contribution in [0.5, 0.6) is 0 Å². The Labute approximate surface area is 196 Å². The molecule has 0 unspecified atom stereocenters. The number of aromatic nitrogens is 2. The van der Waals surface area contributed by atoms with E-state index >= 15 is 0 Å². The molecule has 0 aromatic carbocycles. The second kappa shape index (κ2) is 13.4. The predicted molar refractivity (Wildman–Crippen MR) is 131 cm³/mol. The molecule has 1 aliphatic heterocycles. The van der Waals surface area contributed by atoms with Crippen LogP contribution in [-0.2, 0) is 4.79 Å². The summed E-state index contributed by atoms with van der Waals surface area (Å²) in [5.41, 5.74) is 1.55. The van der Waals surface area contributed by atoms with Gasteiger partial charge in [0.1, 0.15) is 0 Å². The molecular weight excluding hydrogens is 493 g/mol. The number of hydrogen-bond acceptors (Lipinski definition) is 5. The third-order valence-corrected chi connectivity index (χ3v) is 5.45. The zero-order valence-electron chi connectivity index (χ0n) is 17.8. The van der Waals surface area contributed by atoms with Crippen molar-refractivity contribution in [1.82, 2.24) is 25.5 Å². The molecule has 0 saturated carbocycles. The van der Waals surface area contributed by atoms with Gasteiger partial charge < -0.3 is 20.4 Å². The Balaban J connectivity index is 0.00000320. The summed E-state index contributed by atoms with van der Waals surface area (Å²) in [5.74, 6) is 1.68. The van der Waals surface area contributed by atoms with Crippen molar-refractivity contribution in [1.29, 1.82) is 0 Å². The molecule has 0 spiro atoms. The average molecular weight is 527 g/mol. The zero-order chi connectivity index (χ0) is 20.3. The summed E-state index contributed by atoms with van der Waals surface area (Å²) in [6, 6.07) is 1.81. The number of guanidine groups is 1. The van der Waals surface area contributed by atoms with Crippen LogP contribution in [0.1, 0.15) is 38.5 Å². The minimum absolute atomic E-state index is 0. The fourth-order valence-electron chi connectivity index (χ4n) is 3.75. The molecule has 3 rings (SSSR count). The first-order valence-corrected chi connectivity index (χ1v) is 10.7. The number of allylic oxidation sites excluding steroid dienone is 1. The second-order valence-electron chi connectivity index (χ2n) is 7.45. The van der Waals surface area contributed by atoms with Crippen LogP contribution in [0.2, 0.25) is 0 Å². The van der Waals surface area contributed by atoms with Crippen LogP contribution in [0.25, 0.3) is 0 Å². The summed E-state index contributed by atoms with van der Waals surface area (Å²) >= 11 is 0. The standard InChI is InChI=1S/C21H33N7O.HI/c1-22-20(23-12-8-18-6-3-2-4-7-18)24-13-9-19(29)27-14-16-28(17-15-27)21-25-10-5-11-26-21;/h5-6,10-11H,2-4,7-9,12-17H2,1H3,(H2,22,23,24);1H. The number of halogens is 1. The van der Waals surface area contributed by atoms with Crippen LogP contribution in [0.15, 0.2) is 35.1 Å². The van der Waals surface area contributed by atoms with Gasteiger partial charge in [0, 0.05) is 65.1 Å². The van der Waals surface area contributed by atoms with E-state index in [1.165, 1.54) is 25.7 Å². The lowest BCUT2D eigenvalue weighted by Gasteiger charge is -2.34. The van der Waals surface area contributed by atoms with Crippen molar-refractivity contribution in [3.8, 4) is 0 Å². The number of carbonyl (C=O) groups is 1. The Morgan fingerprint density at radius 1 is 1.10 bits per heavy atom. The molecule has 1 saturated heterocycles. The topological polar surface area (TPSA) is 85.8 Å². The molecule has 0 bridgehead atoms. The molecule has 9 heteroatoms. The number of hydrogen-bond donors (Lipinski definition) is 2. The predicted octanol–water partition coefficient (Wildman–Crippen LogP) is 2.19. The molecule has 2 aliphatic rings. The van der Waals surface area contributed by atoms with E-state index < -0.39 is 0 Å². The average Bonchev–Trinajstić information content (AvgIpc) is 2.79. The van der Waals surface area contributed by atoms with Crippen LogP contribution in [-0.4, -0.2) is 73.1 Å². The highest BCUT2D eigenvalue weighted by molar-refractivity contribution is 14.0. The van der Waals surface area contributed by atoms with Gasteiger partial charge in [-0.05, 0) is 38.2 Å². The lowest BCUT2D eigenvalue weighted by atomic mass is 9.97. The summed E-state index contributed by atoms with van der Waals surface area (Å²) in [5, 5.41) is 6.60. The van der Waals surface area contributed by atoms with E-state index in [1.807, 2.05) is 11.0 Å². The molecule has 1 aromatic rings. The van der Waals surface area contributed by atoms with E-state index in [0.717, 1.165) is 38.0 Å². The van der Waals surface area contributed by atoms with Gasteiger partial charge in [-0.15, -0.1) is 24.0 Å². The minimum Gasteiger partial charge on any atom is -0.356 e. The summed E-state index contributed by atoms with van der Waals surface area (Å²) in [6.45, 7) is 4.41. The summed E-state index contributed by atoms with van der Waals surface area (Å²) in [4.78, 5) is 29.4. The van der Waals surface area contributed by atoms with E-state index in [1.54, 1.807) is 25.0 Å². The number of anilines is 1. The molecule has 0 atom stereocenters. The largest absolute Gasteiger partial charge is 0.356 e. The maximum Gasteiger partial charge on any atom is 0.225 e. The second-order valence-corrected chi connectivity index (χ2v) is 7.45. The summed E-state index contributed by atoms with van der Waals surface area (Å²) in [7, 11) is 1.77. The SMILES string of the molecule is CN=C(NCCC(=O)N1CCN(c2ncccn2)CC1)NCCC1=CCCCC1.I. The molecule has 8 nitrogen and oxygen atoms in total. The number of nitrogens with zero attached hydrogens (tertiary/aromatic N) is 5. The summed E-state index contributed by atoms with van der Waals surface area (Å²) < 4.78 is 0. The van der Waals surface area contributed by atoms with Crippen LogP contribution < -0.4 is 15.5 Å². The van der Waals surface area contributed by atoms with Gasteiger partial charge >= 0.3 is 0 Å². The van der Waals surface area contributed by atoms with Gasteiger partial charge in [0.05, 0.1) is 0 Å². The van der Waals surface area contributed by atoms with Crippen LogP contribution >= 0.6 is 24.0 Å². The van der Waals surface area contributed by atoms with Crippen molar-refractivity contribution >= 4 is 41.8 Å². The lowest BCUT2D eigenvalue weighted by molar-refractivity contribution is -0.131. The number of nitrogens with one attached hydrogen (secondary N) is 2. The van der Waals surface area contributed by atoms with Crippen molar-refractivity contribution in [2.24, 2.45) is 4.99 Å². The minimum atomic E-state index is 0. The third-order valence-electron chi connectivity index (χ3n) is 5.45. The molecular formula is C21H34IN7O. The van der Waals surface area contributed by atoms with Crippen molar-refractivity contribution in [2.45, 2.75) is 38.5 Å². The van der Waals surface area contributed by atoms with E-state index in [-0.39, 0.29) is 29.9 Å². The van der Waals surface area contributed by atoms with E-state index in [9.17, 15) is 4.79 Å². The normalized spacial score (nSPS) is 17.1. The van der Waals surface area contributed by atoms with Crippen LogP contribution in [0.3, 0.4) is 0 Å². The number of carbonyl (C=O) groups excluding carboxylic acids is 1. The number of rotatable bonds is 7. The lowest BCUT2D eigenvalue weighted by Crippen LogP contribution is -2.50. The third kappa shape index (κ3) is 7.73. The maximum absolute atomic E-state index is 12.5. The molecule has 1 aliphatic carbocycles. The van der Waals surface area contributed by atoms with E-state index in [2.05, 4.69) is 36.6 Å². The first-order chi connectivity index (χ1) is 14.3. The van der Waals surface area contributed by atoms with Crippen molar-refractivity contribution in [3.63, 3.8) is 0 Å². The van der Waals surface area contributed by atoms with Crippen LogP contribution in [0.4, 0.5) is 5.95 Å². The van der Waals surface area contributed by atoms with Gasteiger partial charge in [-0.3, -0.25) is 9.79 Å². The Kier molecular flexibility index (Phi) is 10.9. The Bertz CT molecular complexity index is 703. The van der Waals surface area contributed by atoms with Gasteiger partial charge in [0.2, 0.25) is 11.9 Å². The van der Waals surface area contributed by atoms with Gasteiger partial charge in [-0.1, -0.05) is 11.6 Å². The maximum atomic E-state index is 12.5. The molecule has 2 heterocycles. The molecule has 30 heavy (non-hydrogen) atoms. The quantitative estimate of drug-likeness (QED) is 0.245. The number of amides is 1. The monoisotopic (exact) mass is 527 g/mol. The first kappa shape index (κ1) is 24.4. The molecule has 1 amide bonds. The van der Waals surface area contributed by atoms with Crippen molar-refractivity contribution in [3.05, 3.63) is 30.1 Å². The van der Waals surface area contributed by atoms with Gasteiger partial charge in [0.15, 0.2) is 5.96 Å². The molecule has 1 fully saturated rings. The molecule has 1 aromatic heterocycles. The Morgan fingerprint density at radius 3 is 2.50 bits per heavy atom. The fraction of sp³-hybridized carbons (Fsp3) is 0.619. The molecule has 0 radical (unpaired) electrons.